The molecule has 1 amide bonds. The summed E-state index contributed by atoms with van der Waals surface area (Å²) in [6, 6.07) is 6.46. The van der Waals surface area contributed by atoms with Crippen LogP contribution in [0.4, 0.5) is 5.69 Å². The maximum absolute atomic E-state index is 12.4. The summed E-state index contributed by atoms with van der Waals surface area (Å²) in [5.74, 6) is -3.56. The van der Waals surface area contributed by atoms with Gasteiger partial charge in [-0.2, -0.15) is 0 Å². The van der Waals surface area contributed by atoms with Crippen molar-refractivity contribution in [1.29, 1.82) is 0 Å². The molecule has 22 heavy (non-hydrogen) atoms. The third kappa shape index (κ3) is 3.44. The Kier molecular flexibility index (Phi) is 5.14. The van der Waals surface area contributed by atoms with E-state index in [1.54, 1.807) is 24.3 Å². The molecule has 1 aromatic rings. The van der Waals surface area contributed by atoms with E-state index in [-0.39, 0.29) is 5.56 Å². The molecule has 2 unspecified atom stereocenters. The number of rotatable bonds is 4. The Bertz CT molecular complexity index is 584. The number of ether oxygens (including phenoxy) is 1. The number of hydrogen-bond donors (Lipinski definition) is 1. The van der Waals surface area contributed by atoms with Gasteiger partial charge in [-0.1, -0.05) is 25.0 Å². The first-order valence-electron chi connectivity index (χ1n) is 7.23. The summed E-state index contributed by atoms with van der Waals surface area (Å²) in [7, 11) is 1.26. The minimum absolute atomic E-state index is 0.235. The Morgan fingerprint density at radius 2 is 1.77 bits per heavy atom. The quantitative estimate of drug-likeness (QED) is 0.836. The van der Waals surface area contributed by atoms with Crippen molar-refractivity contribution in [1.82, 2.24) is 0 Å². The van der Waals surface area contributed by atoms with Crippen LogP contribution in [0.2, 0.25) is 0 Å². The molecule has 6 heteroatoms. The van der Waals surface area contributed by atoms with Gasteiger partial charge >= 0.3 is 5.97 Å². The number of carbonyl (C=O) groups excluding carboxylic acids is 3. The van der Waals surface area contributed by atoms with Gasteiger partial charge in [-0.15, -0.1) is 0 Å². The molecule has 0 radical (unpaired) electrons. The van der Waals surface area contributed by atoms with Gasteiger partial charge in [-0.05, 0) is 25.0 Å². The SMILES string of the molecule is COC(=O)c1ccccc1NC(=O)C1CCCCC1C(=O)[O-]. The third-order valence-corrected chi connectivity index (χ3v) is 4.00. The second-order valence-electron chi connectivity index (χ2n) is 5.34. The lowest BCUT2D eigenvalue weighted by Crippen LogP contribution is -2.42. The fourth-order valence-corrected chi connectivity index (χ4v) is 2.83. The third-order valence-electron chi connectivity index (χ3n) is 4.00. The second-order valence-corrected chi connectivity index (χ2v) is 5.34. The number of methoxy groups -OCH3 is 1. The number of carbonyl (C=O) groups is 3. The second kappa shape index (κ2) is 7.06. The smallest absolute Gasteiger partial charge is 0.339 e. The van der Waals surface area contributed by atoms with E-state index in [1.165, 1.54) is 7.11 Å². The first-order chi connectivity index (χ1) is 10.5. The summed E-state index contributed by atoms with van der Waals surface area (Å²) >= 11 is 0. The zero-order valence-corrected chi connectivity index (χ0v) is 12.3. The molecule has 0 saturated heterocycles. The normalized spacial score (nSPS) is 21.0. The number of anilines is 1. The van der Waals surface area contributed by atoms with Gasteiger partial charge in [-0.3, -0.25) is 4.79 Å². The molecule has 2 atom stereocenters. The molecule has 1 aromatic carbocycles. The van der Waals surface area contributed by atoms with Gasteiger partial charge in [-0.25, -0.2) is 4.79 Å². The first-order valence-corrected chi connectivity index (χ1v) is 7.23. The Hall–Kier alpha value is -2.37. The Labute approximate surface area is 128 Å². The molecule has 1 aliphatic carbocycles. The van der Waals surface area contributed by atoms with E-state index in [0.29, 0.717) is 18.5 Å². The number of aliphatic carboxylic acids is 1. The lowest BCUT2D eigenvalue weighted by atomic mass is 9.78. The van der Waals surface area contributed by atoms with E-state index in [9.17, 15) is 19.5 Å². The molecule has 6 nitrogen and oxygen atoms in total. The highest BCUT2D eigenvalue weighted by Crippen LogP contribution is 2.31. The summed E-state index contributed by atoms with van der Waals surface area (Å²) in [4.78, 5) is 35.3. The van der Waals surface area contributed by atoms with Gasteiger partial charge in [0.15, 0.2) is 0 Å². The number of esters is 1. The molecular weight excluding hydrogens is 286 g/mol. The molecule has 0 spiro atoms. The Morgan fingerprint density at radius 3 is 2.41 bits per heavy atom. The maximum atomic E-state index is 12.4. The Morgan fingerprint density at radius 1 is 1.14 bits per heavy atom. The first kappa shape index (κ1) is 16.0. The number of amides is 1. The van der Waals surface area contributed by atoms with Crippen molar-refractivity contribution in [3.05, 3.63) is 29.8 Å². The average Bonchev–Trinajstić information content (AvgIpc) is 2.54. The van der Waals surface area contributed by atoms with Crippen molar-refractivity contribution in [3.8, 4) is 0 Å². The standard InChI is InChI=1S/C16H19NO5/c1-22-16(21)12-8-4-5-9-13(12)17-14(18)10-6-2-3-7-11(10)15(19)20/h4-5,8-11H,2-3,6-7H2,1H3,(H,17,18)(H,19,20)/p-1. The lowest BCUT2D eigenvalue weighted by molar-refractivity contribution is -0.313. The van der Waals surface area contributed by atoms with Crippen LogP contribution in [0.3, 0.4) is 0 Å². The highest BCUT2D eigenvalue weighted by atomic mass is 16.5. The molecule has 0 bridgehead atoms. The van der Waals surface area contributed by atoms with Gasteiger partial charge in [0, 0.05) is 17.8 Å². The summed E-state index contributed by atoms with van der Waals surface area (Å²) in [6.07, 6.45) is 2.53. The van der Waals surface area contributed by atoms with E-state index < -0.39 is 29.7 Å². The van der Waals surface area contributed by atoms with Crippen LogP contribution in [0.1, 0.15) is 36.0 Å². The number of hydrogen-bond acceptors (Lipinski definition) is 5. The van der Waals surface area contributed by atoms with Crippen LogP contribution in [-0.4, -0.2) is 25.0 Å². The number of para-hydroxylation sites is 1. The predicted octanol–water partition coefficient (Wildman–Crippen LogP) is 0.968. The molecule has 1 N–H and O–H groups in total. The minimum atomic E-state index is -1.19. The molecule has 1 aliphatic rings. The average molecular weight is 304 g/mol. The molecule has 0 heterocycles. The molecule has 118 valence electrons. The van der Waals surface area contributed by atoms with E-state index in [1.807, 2.05) is 0 Å². The van der Waals surface area contributed by atoms with Crippen molar-refractivity contribution < 1.29 is 24.2 Å². The summed E-state index contributed by atoms with van der Waals surface area (Å²) < 4.78 is 4.67. The van der Waals surface area contributed by atoms with E-state index in [0.717, 1.165) is 12.8 Å². The van der Waals surface area contributed by atoms with Crippen LogP contribution < -0.4 is 10.4 Å². The van der Waals surface area contributed by atoms with Crippen molar-refractivity contribution >= 4 is 23.5 Å². The summed E-state index contributed by atoms with van der Waals surface area (Å²) in [5, 5.41) is 13.8. The largest absolute Gasteiger partial charge is 0.550 e. The topological polar surface area (TPSA) is 95.5 Å². The van der Waals surface area contributed by atoms with E-state index in [4.69, 9.17) is 0 Å². The van der Waals surface area contributed by atoms with E-state index >= 15 is 0 Å². The number of carboxylic acid groups (broad SMARTS) is 1. The van der Waals surface area contributed by atoms with Crippen LogP contribution in [-0.2, 0) is 14.3 Å². The van der Waals surface area contributed by atoms with Crippen LogP contribution in [0, 0.1) is 11.8 Å². The van der Waals surface area contributed by atoms with Crippen molar-refractivity contribution in [2.45, 2.75) is 25.7 Å². The molecule has 0 aliphatic heterocycles. The number of carboxylic acids is 1. The van der Waals surface area contributed by atoms with Crippen LogP contribution in [0.15, 0.2) is 24.3 Å². The Balaban J connectivity index is 2.18. The summed E-state index contributed by atoms with van der Waals surface area (Å²) in [5.41, 5.74) is 0.557. The summed E-state index contributed by atoms with van der Waals surface area (Å²) in [6.45, 7) is 0. The fourth-order valence-electron chi connectivity index (χ4n) is 2.83. The number of benzene rings is 1. The molecular formula is C16H18NO5-. The highest BCUT2D eigenvalue weighted by Gasteiger charge is 2.32. The van der Waals surface area contributed by atoms with Crippen molar-refractivity contribution in [2.75, 3.05) is 12.4 Å². The highest BCUT2D eigenvalue weighted by molar-refractivity contribution is 6.02. The zero-order chi connectivity index (χ0) is 16.1. The number of nitrogens with one attached hydrogen (secondary N) is 1. The van der Waals surface area contributed by atoms with Gasteiger partial charge in [0.1, 0.15) is 0 Å². The van der Waals surface area contributed by atoms with Gasteiger partial charge in [0.2, 0.25) is 5.91 Å². The zero-order valence-electron chi connectivity index (χ0n) is 12.3. The van der Waals surface area contributed by atoms with Crippen LogP contribution in [0.5, 0.6) is 0 Å². The molecule has 1 fully saturated rings. The van der Waals surface area contributed by atoms with Gasteiger partial charge in [0.05, 0.1) is 18.4 Å². The lowest BCUT2D eigenvalue weighted by Gasteiger charge is -2.31. The maximum Gasteiger partial charge on any atom is 0.339 e. The monoisotopic (exact) mass is 304 g/mol. The van der Waals surface area contributed by atoms with Gasteiger partial charge in [0.25, 0.3) is 0 Å². The minimum Gasteiger partial charge on any atom is -0.550 e. The van der Waals surface area contributed by atoms with E-state index in [2.05, 4.69) is 10.1 Å². The predicted molar refractivity (Wildman–Crippen MR) is 76.9 cm³/mol. The molecule has 0 aromatic heterocycles. The van der Waals surface area contributed by atoms with Crippen molar-refractivity contribution in [2.24, 2.45) is 11.8 Å². The van der Waals surface area contributed by atoms with Crippen LogP contribution >= 0.6 is 0 Å². The van der Waals surface area contributed by atoms with Crippen molar-refractivity contribution in [3.63, 3.8) is 0 Å². The van der Waals surface area contributed by atoms with Gasteiger partial charge < -0.3 is 20.0 Å². The van der Waals surface area contributed by atoms with Crippen LogP contribution in [0.25, 0.3) is 0 Å². The molecule has 2 rings (SSSR count). The molecule has 1 saturated carbocycles. The fraction of sp³-hybridized carbons (Fsp3) is 0.438.